The molecule has 0 aliphatic carbocycles. The number of fused-ring (bicyclic) bond motifs is 1. The lowest BCUT2D eigenvalue weighted by Crippen LogP contribution is -2.34. The van der Waals surface area contributed by atoms with Gasteiger partial charge in [0.2, 0.25) is 0 Å². The molecular formula is C12H17BrN2O2S. The molecule has 1 aromatic rings. The Morgan fingerprint density at radius 2 is 2.22 bits per heavy atom. The van der Waals surface area contributed by atoms with E-state index in [1.54, 1.807) is 6.07 Å². The van der Waals surface area contributed by atoms with Gasteiger partial charge in [0.1, 0.15) is 0 Å². The average Bonchev–Trinajstić information content (AvgIpc) is 2.27. The van der Waals surface area contributed by atoms with Crippen LogP contribution in [-0.4, -0.2) is 26.8 Å². The Labute approximate surface area is 116 Å². The maximum atomic E-state index is 12.3. The smallest absolute Gasteiger partial charge is 0.182 e. The Morgan fingerprint density at radius 3 is 2.89 bits per heavy atom. The predicted molar refractivity (Wildman–Crippen MR) is 76.6 cm³/mol. The number of sulfone groups is 1. The van der Waals surface area contributed by atoms with E-state index < -0.39 is 9.84 Å². The van der Waals surface area contributed by atoms with Crippen LogP contribution in [0.15, 0.2) is 21.5 Å². The van der Waals surface area contributed by atoms with Crippen molar-refractivity contribution in [3.8, 4) is 0 Å². The molecule has 18 heavy (non-hydrogen) atoms. The van der Waals surface area contributed by atoms with Crippen LogP contribution in [0.4, 0.5) is 5.69 Å². The third kappa shape index (κ3) is 2.70. The normalized spacial score (nSPS) is 21.2. The summed E-state index contributed by atoms with van der Waals surface area (Å²) in [5.74, 6) is 0.149. The fourth-order valence-corrected chi connectivity index (χ4v) is 4.84. The number of hydrogen-bond donors (Lipinski definition) is 2. The van der Waals surface area contributed by atoms with Crippen molar-refractivity contribution in [3.63, 3.8) is 0 Å². The maximum absolute atomic E-state index is 12.3. The Bertz CT molecular complexity index is 557. The molecule has 0 bridgehead atoms. The number of nitrogens with one attached hydrogen (secondary N) is 1. The summed E-state index contributed by atoms with van der Waals surface area (Å²) < 4.78 is 25.3. The second kappa shape index (κ2) is 5.19. The fourth-order valence-electron chi connectivity index (χ4n) is 2.22. The van der Waals surface area contributed by atoms with Crippen LogP contribution in [0.2, 0.25) is 0 Å². The molecule has 0 aromatic heterocycles. The zero-order valence-electron chi connectivity index (χ0n) is 10.2. The van der Waals surface area contributed by atoms with Crippen LogP contribution in [0, 0.1) is 6.92 Å². The van der Waals surface area contributed by atoms with Gasteiger partial charge in [-0.05, 0) is 59.9 Å². The van der Waals surface area contributed by atoms with Gasteiger partial charge in [-0.2, -0.15) is 0 Å². The molecule has 0 spiro atoms. The molecule has 0 radical (unpaired) electrons. The van der Waals surface area contributed by atoms with Crippen molar-refractivity contribution in [2.24, 2.45) is 5.73 Å². The molecule has 0 saturated heterocycles. The summed E-state index contributed by atoms with van der Waals surface area (Å²) in [6.07, 6.45) is 1.60. The first-order valence-electron chi connectivity index (χ1n) is 5.93. The second-order valence-corrected chi connectivity index (χ2v) is 7.53. The van der Waals surface area contributed by atoms with Crippen LogP contribution in [0.1, 0.15) is 18.4 Å². The maximum Gasteiger partial charge on any atom is 0.182 e. The minimum atomic E-state index is -3.20. The van der Waals surface area contributed by atoms with Crippen molar-refractivity contribution in [1.29, 1.82) is 0 Å². The number of hydrogen-bond acceptors (Lipinski definition) is 4. The van der Waals surface area contributed by atoms with Gasteiger partial charge in [0.25, 0.3) is 0 Å². The quantitative estimate of drug-likeness (QED) is 0.888. The van der Waals surface area contributed by atoms with Crippen molar-refractivity contribution in [1.82, 2.24) is 0 Å². The lowest BCUT2D eigenvalue weighted by atomic mass is 10.1. The highest BCUT2D eigenvalue weighted by Crippen LogP contribution is 2.36. The molecule has 1 aliphatic rings. The van der Waals surface area contributed by atoms with Gasteiger partial charge in [-0.3, -0.25) is 0 Å². The van der Waals surface area contributed by atoms with E-state index in [2.05, 4.69) is 21.2 Å². The molecule has 0 amide bonds. The number of nitrogens with two attached hydrogens (primary N) is 1. The monoisotopic (exact) mass is 332 g/mol. The van der Waals surface area contributed by atoms with Crippen molar-refractivity contribution in [2.45, 2.75) is 30.7 Å². The van der Waals surface area contributed by atoms with Gasteiger partial charge in [-0.1, -0.05) is 0 Å². The van der Waals surface area contributed by atoms with Crippen LogP contribution in [0.3, 0.4) is 0 Å². The largest absolute Gasteiger partial charge is 0.379 e. The Kier molecular flexibility index (Phi) is 3.99. The van der Waals surface area contributed by atoms with E-state index in [-0.39, 0.29) is 11.8 Å². The van der Waals surface area contributed by atoms with Gasteiger partial charge >= 0.3 is 0 Å². The molecule has 1 aromatic carbocycles. The molecule has 3 N–H and O–H groups in total. The molecule has 0 saturated carbocycles. The first-order chi connectivity index (χ1) is 8.44. The van der Waals surface area contributed by atoms with Crippen molar-refractivity contribution in [2.75, 3.05) is 17.6 Å². The van der Waals surface area contributed by atoms with E-state index in [1.807, 2.05) is 13.0 Å². The topological polar surface area (TPSA) is 72.2 Å². The molecule has 0 fully saturated rings. The van der Waals surface area contributed by atoms with E-state index >= 15 is 0 Å². The molecule has 1 unspecified atom stereocenters. The van der Waals surface area contributed by atoms with Crippen molar-refractivity contribution >= 4 is 31.5 Å². The molecule has 1 atom stereocenters. The summed E-state index contributed by atoms with van der Waals surface area (Å²) in [5, 5.41) is 3.30. The van der Waals surface area contributed by atoms with E-state index in [0.717, 1.165) is 22.9 Å². The molecule has 2 rings (SSSR count). The summed E-state index contributed by atoms with van der Waals surface area (Å²) in [4.78, 5) is 0.401. The SMILES string of the molecule is Cc1cc(Br)c2c(c1)S(=O)(=O)CC(CCCN)N2. The van der Waals surface area contributed by atoms with Crippen LogP contribution in [0.25, 0.3) is 0 Å². The van der Waals surface area contributed by atoms with E-state index in [4.69, 9.17) is 5.73 Å². The molecule has 100 valence electrons. The minimum absolute atomic E-state index is 0.0509. The van der Waals surface area contributed by atoms with Gasteiger partial charge in [-0.25, -0.2) is 8.42 Å². The third-order valence-electron chi connectivity index (χ3n) is 3.06. The lowest BCUT2D eigenvalue weighted by molar-refractivity contribution is 0.575. The van der Waals surface area contributed by atoms with Crippen molar-refractivity contribution < 1.29 is 8.42 Å². The highest BCUT2D eigenvalue weighted by atomic mass is 79.9. The standard InChI is InChI=1S/C12H17BrN2O2S/c1-8-5-10(13)12-11(6-8)18(16,17)7-9(15-12)3-2-4-14/h5-6,9,15H,2-4,7,14H2,1H3. The fraction of sp³-hybridized carbons (Fsp3) is 0.500. The molecule has 4 nitrogen and oxygen atoms in total. The Hall–Kier alpha value is -0.590. The zero-order chi connectivity index (χ0) is 13.3. The Morgan fingerprint density at radius 1 is 1.50 bits per heavy atom. The number of aryl methyl sites for hydroxylation is 1. The number of halogens is 1. The highest BCUT2D eigenvalue weighted by molar-refractivity contribution is 9.10. The molecule has 1 heterocycles. The predicted octanol–water partition coefficient (Wildman–Crippen LogP) is 2.06. The Balaban J connectivity index is 2.41. The van der Waals surface area contributed by atoms with Gasteiger partial charge in [-0.15, -0.1) is 0 Å². The van der Waals surface area contributed by atoms with E-state index in [0.29, 0.717) is 17.1 Å². The van der Waals surface area contributed by atoms with Gasteiger partial charge < -0.3 is 11.1 Å². The van der Waals surface area contributed by atoms with E-state index in [1.165, 1.54) is 0 Å². The minimum Gasteiger partial charge on any atom is -0.379 e. The first-order valence-corrected chi connectivity index (χ1v) is 8.38. The van der Waals surface area contributed by atoms with Crippen LogP contribution in [-0.2, 0) is 9.84 Å². The van der Waals surface area contributed by atoms with Gasteiger partial charge in [0.15, 0.2) is 9.84 Å². The molecular weight excluding hydrogens is 316 g/mol. The van der Waals surface area contributed by atoms with Gasteiger partial charge in [0, 0.05) is 10.5 Å². The van der Waals surface area contributed by atoms with E-state index in [9.17, 15) is 8.42 Å². The lowest BCUT2D eigenvalue weighted by Gasteiger charge is -2.28. The van der Waals surface area contributed by atoms with Crippen LogP contribution >= 0.6 is 15.9 Å². The highest BCUT2D eigenvalue weighted by Gasteiger charge is 2.31. The number of anilines is 1. The van der Waals surface area contributed by atoms with Crippen LogP contribution < -0.4 is 11.1 Å². The average molecular weight is 333 g/mol. The summed E-state index contributed by atoms with van der Waals surface area (Å²) in [6.45, 7) is 2.47. The van der Waals surface area contributed by atoms with Crippen LogP contribution in [0.5, 0.6) is 0 Å². The van der Waals surface area contributed by atoms with Gasteiger partial charge in [0.05, 0.1) is 16.3 Å². The number of rotatable bonds is 3. The first kappa shape index (κ1) is 13.8. The molecule has 6 heteroatoms. The number of benzene rings is 1. The van der Waals surface area contributed by atoms with Crippen molar-refractivity contribution in [3.05, 3.63) is 22.2 Å². The summed E-state index contributed by atoms with van der Waals surface area (Å²) in [5.41, 5.74) is 7.10. The summed E-state index contributed by atoms with van der Waals surface area (Å²) in [6, 6.07) is 3.60. The summed E-state index contributed by atoms with van der Waals surface area (Å²) in [7, 11) is -3.20. The zero-order valence-corrected chi connectivity index (χ0v) is 12.6. The molecule has 1 aliphatic heterocycles. The summed E-state index contributed by atoms with van der Waals surface area (Å²) >= 11 is 3.43. The third-order valence-corrected chi connectivity index (χ3v) is 5.52. The second-order valence-electron chi connectivity index (χ2n) is 4.67.